The minimum atomic E-state index is -1.67. The number of halogens is 2. The summed E-state index contributed by atoms with van der Waals surface area (Å²) in [4.78, 5) is 31.7. The van der Waals surface area contributed by atoms with Gasteiger partial charge in [0, 0.05) is 110 Å². The molecule has 15 heteroatoms. The predicted octanol–water partition coefficient (Wildman–Crippen LogP) is 6.36. The summed E-state index contributed by atoms with van der Waals surface area (Å²) >= 11 is 0. The van der Waals surface area contributed by atoms with Crippen molar-refractivity contribution in [3.05, 3.63) is 107 Å². The fraction of sp³-hybridized carbons (Fsp3) is 0.316. The molecule has 0 spiro atoms. The first-order chi connectivity index (χ1) is 25.3. The van der Waals surface area contributed by atoms with Crippen LogP contribution in [0.1, 0.15) is 60.9 Å². The number of nitrogens with one attached hydrogen (secondary N) is 5. The van der Waals surface area contributed by atoms with Gasteiger partial charge in [-0.3, -0.25) is 14.9 Å². The molecular weight excluding hydrogens is 739 g/mol. The summed E-state index contributed by atoms with van der Waals surface area (Å²) in [5, 5.41) is 35.1. The van der Waals surface area contributed by atoms with Gasteiger partial charge in [0.2, 0.25) is 9.23 Å². The van der Waals surface area contributed by atoms with E-state index in [1.54, 1.807) is 0 Å². The second-order valence-corrected chi connectivity index (χ2v) is 15.3. The first kappa shape index (κ1) is 41.5. The molecule has 0 saturated carbocycles. The van der Waals surface area contributed by atoms with Crippen LogP contribution in [-0.2, 0) is 38.1 Å². The quantitative estimate of drug-likeness (QED) is 0.0910. The lowest BCUT2D eigenvalue weighted by Gasteiger charge is -2.26. The molecule has 0 amide bonds. The molecule has 2 aliphatic rings. The highest BCUT2D eigenvalue weighted by atomic mass is 36.0. The monoisotopic (exact) mass is 784 g/mol. The highest BCUT2D eigenvalue weighted by Gasteiger charge is 2.30. The number of hydrogen-bond donors (Lipinski definition) is 9. The van der Waals surface area contributed by atoms with E-state index in [0.717, 1.165) is 52.2 Å². The maximum atomic E-state index is 11.1. The number of aliphatic hydroxyl groups excluding tert-OH is 1. The SMILES string of the molecule is CO.C[C@@H]1Cc2c([nH]c3ccccc23)[C@H](C)N1.C[C@@H]1N[C@H](C(=O)O)Cc2c1[nH]c1ccccc21.N[C@@H](Cc1c[nH]c2ccccc12)C(=O)O.O=S(Cl)Cl. The Kier molecular flexibility index (Phi) is 15.1. The van der Waals surface area contributed by atoms with Crippen LogP contribution in [0.15, 0.2) is 79.0 Å². The molecule has 5 heterocycles. The number of aliphatic carboxylic acids is 2. The molecule has 0 radical (unpaired) electrons. The number of benzene rings is 3. The molecule has 3 aromatic carbocycles. The van der Waals surface area contributed by atoms with Gasteiger partial charge in [-0.05, 0) is 62.1 Å². The Hall–Kier alpha value is -4.21. The molecule has 53 heavy (non-hydrogen) atoms. The number of fused-ring (bicyclic) bond motifs is 7. The largest absolute Gasteiger partial charge is 0.480 e. The number of nitrogens with two attached hydrogens (primary N) is 1. The number of carbonyl (C=O) groups is 2. The van der Waals surface area contributed by atoms with E-state index in [1.807, 2.05) is 61.7 Å². The molecule has 12 nitrogen and oxygen atoms in total. The molecule has 8 rings (SSSR count). The normalized spacial score (nSPS) is 19.2. The number of aromatic nitrogens is 3. The second kappa shape index (κ2) is 19.2. The van der Waals surface area contributed by atoms with Crippen molar-refractivity contribution in [3.8, 4) is 0 Å². The molecule has 3 aromatic heterocycles. The molecule has 10 N–H and O–H groups in total. The van der Waals surface area contributed by atoms with Crippen molar-refractivity contribution in [2.24, 2.45) is 5.73 Å². The van der Waals surface area contributed by atoms with Crippen molar-refractivity contribution in [1.29, 1.82) is 0 Å². The third-order valence-corrected chi connectivity index (χ3v) is 9.19. The number of rotatable bonds is 4. The minimum Gasteiger partial charge on any atom is -0.480 e. The molecule has 6 aromatic rings. The highest BCUT2D eigenvalue weighted by Crippen LogP contribution is 2.32. The van der Waals surface area contributed by atoms with E-state index >= 15 is 0 Å². The van der Waals surface area contributed by atoms with Crippen LogP contribution in [0.4, 0.5) is 0 Å². The highest BCUT2D eigenvalue weighted by molar-refractivity contribution is 8.26. The third kappa shape index (κ3) is 10.5. The fourth-order valence-corrected chi connectivity index (χ4v) is 6.93. The van der Waals surface area contributed by atoms with Gasteiger partial charge in [0.25, 0.3) is 0 Å². The Bertz CT molecular complexity index is 2160. The van der Waals surface area contributed by atoms with Crippen molar-refractivity contribution in [2.75, 3.05) is 7.11 Å². The van der Waals surface area contributed by atoms with Crippen LogP contribution in [0.3, 0.4) is 0 Å². The van der Waals surface area contributed by atoms with Gasteiger partial charge in [0.05, 0.1) is 0 Å². The molecule has 5 atom stereocenters. The summed E-state index contributed by atoms with van der Waals surface area (Å²) < 4.78 is 9.09. The Morgan fingerprint density at radius 2 is 1.23 bits per heavy atom. The molecule has 284 valence electrons. The lowest BCUT2D eigenvalue weighted by atomic mass is 9.95. The van der Waals surface area contributed by atoms with Crippen LogP contribution in [0.25, 0.3) is 32.7 Å². The minimum absolute atomic E-state index is 0.0484. The first-order valence-electron chi connectivity index (χ1n) is 17.0. The van der Waals surface area contributed by atoms with Crippen molar-refractivity contribution in [1.82, 2.24) is 25.6 Å². The number of carboxylic acids is 2. The van der Waals surface area contributed by atoms with Crippen molar-refractivity contribution in [3.63, 3.8) is 0 Å². The smallest absolute Gasteiger partial charge is 0.321 e. The topological polar surface area (TPSA) is 209 Å². The van der Waals surface area contributed by atoms with Crippen LogP contribution >= 0.6 is 21.4 Å². The summed E-state index contributed by atoms with van der Waals surface area (Å²) in [6.07, 6.45) is 3.83. The van der Waals surface area contributed by atoms with E-state index < -0.39 is 33.2 Å². The van der Waals surface area contributed by atoms with E-state index in [1.165, 1.54) is 22.2 Å². The lowest BCUT2D eigenvalue weighted by Crippen LogP contribution is -2.43. The number of hydrogen-bond acceptors (Lipinski definition) is 7. The summed E-state index contributed by atoms with van der Waals surface area (Å²) in [7, 11) is 8.36. The van der Waals surface area contributed by atoms with E-state index in [9.17, 15) is 9.59 Å². The van der Waals surface area contributed by atoms with Gasteiger partial charge in [0.1, 0.15) is 12.1 Å². The van der Waals surface area contributed by atoms with Gasteiger partial charge >= 0.3 is 11.9 Å². The maximum absolute atomic E-state index is 11.1. The molecule has 0 saturated heterocycles. The molecule has 0 aliphatic carbocycles. The summed E-state index contributed by atoms with van der Waals surface area (Å²) in [6.45, 7) is 6.47. The zero-order chi connectivity index (χ0) is 38.8. The number of H-pyrrole nitrogens is 3. The van der Waals surface area contributed by atoms with Crippen LogP contribution in [-0.4, -0.2) is 71.7 Å². The average molecular weight is 786 g/mol. The van der Waals surface area contributed by atoms with E-state index in [2.05, 4.69) is 85.1 Å². The fourth-order valence-electron chi connectivity index (χ4n) is 6.93. The van der Waals surface area contributed by atoms with E-state index in [0.29, 0.717) is 24.9 Å². The molecule has 0 bridgehead atoms. The van der Waals surface area contributed by atoms with E-state index in [-0.39, 0.29) is 6.04 Å². The molecular formula is C38H46Cl2N6O6S. The Labute approximate surface area is 318 Å². The zero-order valence-corrected chi connectivity index (χ0v) is 32.1. The first-order valence-corrected chi connectivity index (χ1v) is 19.8. The van der Waals surface area contributed by atoms with Crippen molar-refractivity contribution < 1.29 is 29.1 Å². The Morgan fingerprint density at radius 3 is 1.74 bits per heavy atom. The van der Waals surface area contributed by atoms with Gasteiger partial charge in [-0.2, -0.15) is 0 Å². The summed E-state index contributed by atoms with van der Waals surface area (Å²) in [5.41, 5.74) is 14.9. The number of aromatic amines is 3. The van der Waals surface area contributed by atoms with Crippen LogP contribution in [0, 0.1) is 0 Å². The van der Waals surface area contributed by atoms with Gasteiger partial charge in [-0.15, -0.1) is 0 Å². The van der Waals surface area contributed by atoms with Gasteiger partial charge in [-0.25, -0.2) is 4.21 Å². The Balaban J connectivity index is 0.000000165. The number of aliphatic hydroxyl groups is 1. The van der Waals surface area contributed by atoms with Crippen LogP contribution in [0.2, 0.25) is 0 Å². The van der Waals surface area contributed by atoms with Crippen LogP contribution in [0.5, 0.6) is 0 Å². The van der Waals surface area contributed by atoms with Gasteiger partial charge in [-0.1, -0.05) is 54.6 Å². The summed E-state index contributed by atoms with van der Waals surface area (Å²) in [5.74, 6) is -1.76. The van der Waals surface area contributed by atoms with Gasteiger partial charge in [0.15, 0.2) is 0 Å². The van der Waals surface area contributed by atoms with Crippen LogP contribution < -0.4 is 16.4 Å². The maximum Gasteiger partial charge on any atom is 0.321 e. The average Bonchev–Trinajstić information content (AvgIpc) is 3.84. The number of para-hydroxylation sites is 3. The summed E-state index contributed by atoms with van der Waals surface area (Å²) in [6, 6.07) is 24.1. The second-order valence-electron chi connectivity index (χ2n) is 12.8. The van der Waals surface area contributed by atoms with Crippen molar-refractivity contribution in [2.45, 2.75) is 70.2 Å². The predicted molar refractivity (Wildman–Crippen MR) is 214 cm³/mol. The molecule has 2 aliphatic heterocycles. The molecule has 0 fully saturated rings. The van der Waals surface area contributed by atoms with Gasteiger partial charge < -0.3 is 41.3 Å². The van der Waals surface area contributed by atoms with Crippen molar-refractivity contribution >= 4 is 75.2 Å². The zero-order valence-electron chi connectivity index (χ0n) is 29.8. The molecule has 0 unspecified atom stereocenters. The van der Waals surface area contributed by atoms with E-state index in [4.69, 9.17) is 25.3 Å². The lowest BCUT2D eigenvalue weighted by molar-refractivity contribution is -0.140. The Morgan fingerprint density at radius 1 is 0.774 bits per heavy atom. The standard InChI is InChI=1S/C13H14N2O2.C13H16N2.C11H12N2O2.CH4O.Cl2OS/c1-7-12-9(6-11(14-7)13(16)17)8-4-2-3-5-10(8)15-12;1-8-7-11-10-5-3-4-6-12(10)15-13(11)9(2)14-8;12-9(11(14)15)5-7-6-13-10-4-2-1-3-8(7)10;1-2;1-4(2)3/h2-5,7,11,14-15H,6H2,1H3,(H,16,17);3-6,8-9,14-15H,7H2,1-2H3;1-4,6,9,13H,5,12H2,(H,14,15);2H,1H3;/t7-,11-;8-,9+;9-;;/m010../s1. The number of carboxylic acid groups (broad SMARTS) is 2. The third-order valence-electron chi connectivity index (χ3n) is 9.19.